The van der Waals surface area contributed by atoms with Crippen LogP contribution >= 0.6 is 0 Å². The van der Waals surface area contributed by atoms with E-state index in [0.717, 1.165) is 49.7 Å². The Labute approximate surface area is 118 Å². The van der Waals surface area contributed by atoms with E-state index in [1.54, 1.807) is 0 Å². The maximum atomic E-state index is 5.51. The number of nitrogens with one attached hydrogen (secondary N) is 1. The van der Waals surface area contributed by atoms with Crippen LogP contribution < -0.4 is 5.32 Å². The highest BCUT2D eigenvalue weighted by molar-refractivity contribution is 5.71. The van der Waals surface area contributed by atoms with Crippen molar-refractivity contribution in [3.8, 4) is 0 Å². The summed E-state index contributed by atoms with van der Waals surface area (Å²) in [6.07, 6.45) is 5.40. The number of aromatic nitrogens is 3. The molecule has 20 heavy (non-hydrogen) atoms. The van der Waals surface area contributed by atoms with Gasteiger partial charge in [0.2, 0.25) is 0 Å². The molecule has 0 amide bonds. The van der Waals surface area contributed by atoms with Crippen molar-refractivity contribution in [3.63, 3.8) is 0 Å². The quantitative estimate of drug-likeness (QED) is 0.927. The predicted octanol–water partition coefficient (Wildman–Crippen LogP) is 1.89. The van der Waals surface area contributed by atoms with Crippen molar-refractivity contribution >= 4 is 11.2 Å². The molecule has 2 fully saturated rings. The molecule has 2 aromatic heterocycles. The monoisotopic (exact) mass is 272 g/mol. The Hall–Kier alpha value is -1.46. The van der Waals surface area contributed by atoms with Crippen molar-refractivity contribution in [3.05, 3.63) is 24.2 Å². The number of nitrogens with zero attached hydrogens (tertiary/aromatic N) is 3. The van der Waals surface area contributed by atoms with Gasteiger partial charge in [-0.25, -0.2) is 9.97 Å². The molecule has 2 aromatic rings. The van der Waals surface area contributed by atoms with Crippen LogP contribution in [0.2, 0.25) is 0 Å². The first-order valence-electron chi connectivity index (χ1n) is 7.54. The van der Waals surface area contributed by atoms with Crippen molar-refractivity contribution in [2.45, 2.75) is 31.8 Å². The van der Waals surface area contributed by atoms with E-state index in [4.69, 9.17) is 9.72 Å². The molecule has 4 heterocycles. The first-order chi connectivity index (χ1) is 9.92. The van der Waals surface area contributed by atoms with E-state index in [9.17, 15) is 0 Å². The fraction of sp³-hybridized carbons (Fsp3) is 0.600. The average molecular weight is 272 g/mol. The van der Waals surface area contributed by atoms with Gasteiger partial charge in [-0.2, -0.15) is 0 Å². The van der Waals surface area contributed by atoms with Crippen LogP contribution in [0.1, 0.15) is 31.1 Å². The van der Waals surface area contributed by atoms with Gasteiger partial charge in [0, 0.05) is 25.3 Å². The van der Waals surface area contributed by atoms with Crippen LogP contribution in [0, 0.1) is 5.92 Å². The van der Waals surface area contributed by atoms with E-state index in [0.29, 0.717) is 12.0 Å². The second-order valence-corrected chi connectivity index (χ2v) is 5.81. The molecule has 2 unspecified atom stereocenters. The molecule has 2 aliphatic rings. The standard InChI is InChI=1S/C15H20N4O/c1-3-12(16-6-1)15-18-13-4-2-7-17-14(13)19(15)9-11-5-8-20-10-11/h2,4,7,11-12,16H,1,3,5-6,8-10H2. The minimum absolute atomic E-state index is 0.381. The lowest BCUT2D eigenvalue weighted by atomic mass is 10.1. The summed E-state index contributed by atoms with van der Waals surface area (Å²) in [7, 11) is 0. The molecular formula is C15H20N4O. The fourth-order valence-corrected chi connectivity index (χ4v) is 3.31. The van der Waals surface area contributed by atoms with Gasteiger partial charge in [0.15, 0.2) is 5.65 Å². The maximum Gasteiger partial charge on any atom is 0.160 e. The number of ether oxygens (including phenoxy) is 1. The van der Waals surface area contributed by atoms with E-state index < -0.39 is 0 Å². The van der Waals surface area contributed by atoms with E-state index in [2.05, 4.69) is 20.9 Å². The molecular weight excluding hydrogens is 252 g/mol. The highest BCUT2D eigenvalue weighted by Crippen LogP contribution is 2.27. The summed E-state index contributed by atoms with van der Waals surface area (Å²) in [5.74, 6) is 1.75. The molecule has 5 heteroatoms. The number of rotatable bonds is 3. The van der Waals surface area contributed by atoms with Crippen LogP contribution in [-0.2, 0) is 11.3 Å². The van der Waals surface area contributed by atoms with Gasteiger partial charge in [-0.05, 0) is 37.9 Å². The van der Waals surface area contributed by atoms with Gasteiger partial charge >= 0.3 is 0 Å². The highest BCUT2D eigenvalue weighted by Gasteiger charge is 2.26. The molecule has 4 rings (SSSR count). The lowest BCUT2D eigenvalue weighted by Crippen LogP contribution is -2.21. The Bertz CT molecular complexity index is 597. The minimum atomic E-state index is 0.381. The van der Waals surface area contributed by atoms with Crippen LogP contribution in [0.15, 0.2) is 18.3 Å². The van der Waals surface area contributed by atoms with Gasteiger partial charge in [-0.1, -0.05) is 0 Å². The molecule has 2 aliphatic heterocycles. The first-order valence-corrected chi connectivity index (χ1v) is 7.54. The minimum Gasteiger partial charge on any atom is -0.381 e. The van der Waals surface area contributed by atoms with Gasteiger partial charge in [-0.3, -0.25) is 0 Å². The van der Waals surface area contributed by atoms with Crippen molar-refractivity contribution in [2.24, 2.45) is 5.92 Å². The number of pyridine rings is 1. The molecule has 0 bridgehead atoms. The van der Waals surface area contributed by atoms with Gasteiger partial charge in [0.25, 0.3) is 0 Å². The number of hydrogen-bond acceptors (Lipinski definition) is 4. The van der Waals surface area contributed by atoms with Gasteiger partial charge < -0.3 is 14.6 Å². The summed E-state index contributed by atoms with van der Waals surface area (Å²) in [6.45, 7) is 3.82. The SMILES string of the molecule is c1cnc2c(c1)nc(C1CCCN1)n2CC1CCOC1. The topological polar surface area (TPSA) is 52.0 Å². The van der Waals surface area contributed by atoms with Crippen LogP contribution in [-0.4, -0.2) is 34.3 Å². The molecule has 0 saturated carbocycles. The zero-order valence-electron chi connectivity index (χ0n) is 11.6. The summed E-state index contributed by atoms with van der Waals surface area (Å²) in [6, 6.07) is 4.40. The number of imidazole rings is 1. The fourth-order valence-electron chi connectivity index (χ4n) is 3.31. The van der Waals surface area contributed by atoms with Gasteiger partial charge in [-0.15, -0.1) is 0 Å². The van der Waals surface area contributed by atoms with Crippen molar-refractivity contribution in [1.29, 1.82) is 0 Å². The van der Waals surface area contributed by atoms with Gasteiger partial charge in [0.1, 0.15) is 11.3 Å². The molecule has 0 spiro atoms. The first kappa shape index (κ1) is 12.3. The van der Waals surface area contributed by atoms with Crippen LogP contribution in [0.5, 0.6) is 0 Å². The Morgan fingerprint density at radius 2 is 2.40 bits per heavy atom. The maximum absolute atomic E-state index is 5.51. The molecule has 106 valence electrons. The molecule has 1 N–H and O–H groups in total. The van der Waals surface area contributed by atoms with E-state index in [1.165, 1.54) is 12.8 Å². The Balaban J connectivity index is 1.75. The third-order valence-electron chi connectivity index (χ3n) is 4.37. The lowest BCUT2D eigenvalue weighted by Gasteiger charge is -2.16. The smallest absolute Gasteiger partial charge is 0.160 e. The second-order valence-electron chi connectivity index (χ2n) is 5.81. The average Bonchev–Trinajstić information content (AvgIpc) is 3.19. The summed E-state index contributed by atoms with van der Waals surface area (Å²) < 4.78 is 7.83. The normalized spacial score (nSPS) is 26.6. The molecule has 5 nitrogen and oxygen atoms in total. The number of fused-ring (bicyclic) bond motifs is 1. The predicted molar refractivity (Wildman–Crippen MR) is 76.4 cm³/mol. The highest BCUT2D eigenvalue weighted by atomic mass is 16.5. The third kappa shape index (κ3) is 2.11. The van der Waals surface area contributed by atoms with E-state index >= 15 is 0 Å². The summed E-state index contributed by atoms with van der Waals surface area (Å²) >= 11 is 0. The van der Waals surface area contributed by atoms with E-state index in [1.807, 2.05) is 12.3 Å². The third-order valence-corrected chi connectivity index (χ3v) is 4.37. The van der Waals surface area contributed by atoms with E-state index in [-0.39, 0.29) is 0 Å². The van der Waals surface area contributed by atoms with Crippen molar-refractivity contribution in [2.75, 3.05) is 19.8 Å². The van der Waals surface area contributed by atoms with Crippen LogP contribution in [0.25, 0.3) is 11.2 Å². The summed E-state index contributed by atoms with van der Waals surface area (Å²) in [4.78, 5) is 9.38. The molecule has 0 aliphatic carbocycles. The van der Waals surface area contributed by atoms with Crippen LogP contribution in [0.3, 0.4) is 0 Å². The summed E-state index contributed by atoms with van der Waals surface area (Å²) in [5, 5.41) is 3.56. The number of hydrogen-bond donors (Lipinski definition) is 1. The largest absolute Gasteiger partial charge is 0.381 e. The van der Waals surface area contributed by atoms with Gasteiger partial charge in [0.05, 0.1) is 12.6 Å². The summed E-state index contributed by atoms with van der Waals surface area (Å²) in [5.41, 5.74) is 2.03. The zero-order chi connectivity index (χ0) is 13.4. The molecule has 0 aromatic carbocycles. The second kappa shape index (κ2) is 5.14. The van der Waals surface area contributed by atoms with Crippen molar-refractivity contribution in [1.82, 2.24) is 19.9 Å². The van der Waals surface area contributed by atoms with Crippen molar-refractivity contribution < 1.29 is 4.74 Å². The zero-order valence-corrected chi connectivity index (χ0v) is 11.6. The molecule has 0 radical (unpaired) electrons. The van der Waals surface area contributed by atoms with Crippen LogP contribution in [0.4, 0.5) is 0 Å². The Morgan fingerprint density at radius 3 is 3.20 bits per heavy atom. The lowest BCUT2D eigenvalue weighted by molar-refractivity contribution is 0.182. The Morgan fingerprint density at radius 1 is 1.40 bits per heavy atom. The Kier molecular flexibility index (Phi) is 3.16. The molecule has 2 atom stereocenters. The molecule has 2 saturated heterocycles.